The number of aryl methyl sites for hydroxylation is 2. The molecule has 0 atom stereocenters. The van der Waals surface area contributed by atoms with Gasteiger partial charge in [0.15, 0.2) is 0 Å². The molecule has 0 aliphatic carbocycles. The van der Waals surface area contributed by atoms with Crippen LogP contribution in [0.4, 0.5) is 0 Å². The van der Waals surface area contributed by atoms with Crippen molar-refractivity contribution in [3.05, 3.63) is 36.2 Å². The summed E-state index contributed by atoms with van der Waals surface area (Å²) in [5.41, 5.74) is 6.45. The lowest BCUT2D eigenvalue weighted by Gasteiger charge is -2.15. The lowest BCUT2D eigenvalue weighted by molar-refractivity contribution is 0.451. The van der Waals surface area contributed by atoms with Crippen molar-refractivity contribution in [2.75, 3.05) is 7.05 Å². The molecule has 8 heteroatoms. The van der Waals surface area contributed by atoms with Gasteiger partial charge in [0, 0.05) is 51.5 Å². The minimum absolute atomic E-state index is 0.223. The maximum atomic E-state index is 12.6. The SMILES string of the molecule is CCn1cc(S(=O)(=O)N(C)Cc2nccn2C)cc1CN. The third-order valence-electron chi connectivity index (χ3n) is 3.50. The summed E-state index contributed by atoms with van der Waals surface area (Å²) in [6.45, 7) is 3.17. The summed E-state index contributed by atoms with van der Waals surface area (Å²) in [6.07, 6.45) is 5.07. The van der Waals surface area contributed by atoms with Gasteiger partial charge >= 0.3 is 0 Å². The molecular weight excluding hydrogens is 290 g/mol. The number of hydrogen-bond donors (Lipinski definition) is 1. The first-order valence-corrected chi connectivity index (χ1v) is 8.15. The maximum Gasteiger partial charge on any atom is 0.244 e. The Morgan fingerprint density at radius 3 is 2.62 bits per heavy atom. The number of imidazole rings is 1. The Labute approximate surface area is 125 Å². The van der Waals surface area contributed by atoms with E-state index in [1.165, 1.54) is 4.31 Å². The number of aromatic nitrogens is 3. The van der Waals surface area contributed by atoms with Gasteiger partial charge in [-0.05, 0) is 13.0 Å². The summed E-state index contributed by atoms with van der Waals surface area (Å²) in [5.74, 6) is 0.690. The molecule has 0 amide bonds. The largest absolute Gasteiger partial charge is 0.349 e. The van der Waals surface area contributed by atoms with E-state index in [1.807, 2.05) is 18.5 Å². The molecule has 2 aromatic rings. The Morgan fingerprint density at radius 2 is 2.14 bits per heavy atom. The van der Waals surface area contributed by atoms with Crippen LogP contribution < -0.4 is 5.73 Å². The zero-order valence-corrected chi connectivity index (χ0v) is 13.3. The summed E-state index contributed by atoms with van der Waals surface area (Å²) in [5, 5.41) is 0. The summed E-state index contributed by atoms with van der Waals surface area (Å²) in [4.78, 5) is 4.41. The molecule has 0 aliphatic heterocycles. The molecule has 0 fully saturated rings. The molecule has 7 nitrogen and oxygen atoms in total. The molecule has 0 aliphatic rings. The van der Waals surface area contributed by atoms with Gasteiger partial charge in [0.1, 0.15) is 10.7 Å². The summed E-state index contributed by atoms with van der Waals surface area (Å²) in [6, 6.07) is 1.63. The van der Waals surface area contributed by atoms with Crippen molar-refractivity contribution in [2.24, 2.45) is 12.8 Å². The van der Waals surface area contributed by atoms with Crippen molar-refractivity contribution in [2.45, 2.75) is 31.5 Å². The van der Waals surface area contributed by atoms with Crippen molar-refractivity contribution >= 4 is 10.0 Å². The van der Waals surface area contributed by atoms with Gasteiger partial charge in [-0.3, -0.25) is 0 Å². The second-order valence-electron chi connectivity index (χ2n) is 4.87. The van der Waals surface area contributed by atoms with Crippen LogP contribution in [-0.2, 0) is 36.7 Å². The van der Waals surface area contributed by atoms with E-state index in [0.29, 0.717) is 18.9 Å². The van der Waals surface area contributed by atoms with Crippen LogP contribution in [0.1, 0.15) is 18.4 Å². The molecule has 0 unspecified atom stereocenters. The molecule has 21 heavy (non-hydrogen) atoms. The fourth-order valence-corrected chi connectivity index (χ4v) is 3.34. The van der Waals surface area contributed by atoms with Crippen LogP contribution in [0.15, 0.2) is 29.6 Å². The predicted octanol–water partition coefficient (Wildman–Crippen LogP) is 0.521. The van der Waals surface area contributed by atoms with E-state index < -0.39 is 10.0 Å². The van der Waals surface area contributed by atoms with E-state index in [-0.39, 0.29) is 11.4 Å². The molecular formula is C13H21N5O2S. The lowest BCUT2D eigenvalue weighted by atomic mass is 10.4. The zero-order valence-electron chi connectivity index (χ0n) is 12.5. The van der Waals surface area contributed by atoms with E-state index in [0.717, 1.165) is 5.69 Å². The second kappa shape index (κ2) is 6.00. The van der Waals surface area contributed by atoms with Crippen LogP contribution in [0.3, 0.4) is 0 Å². The normalized spacial score (nSPS) is 12.2. The van der Waals surface area contributed by atoms with E-state index in [2.05, 4.69) is 4.98 Å². The minimum atomic E-state index is -3.55. The Kier molecular flexibility index (Phi) is 4.50. The quantitative estimate of drug-likeness (QED) is 0.842. The van der Waals surface area contributed by atoms with Crippen molar-refractivity contribution in [3.63, 3.8) is 0 Å². The summed E-state index contributed by atoms with van der Waals surface area (Å²) in [7, 11) is -0.163. The van der Waals surface area contributed by atoms with E-state index in [4.69, 9.17) is 5.73 Å². The van der Waals surface area contributed by atoms with Crippen molar-refractivity contribution < 1.29 is 8.42 Å². The highest BCUT2D eigenvalue weighted by Crippen LogP contribution is 2.19. The standard InChI is InChI=1S/C13H21N5O2S/c1-4-18-9-12(7-11(18)8-14)21(19,20)17(3)10-13-15-5-6-16(13)2/h5-7,9H,4,8,10,14H2,1-3H3. The van der Waals surface area contributed by atoms with Crippen molar-refractivity contribution in [3.8, 4) is 0 Å². The first-order valence-electron chi connectivity index (χ1n) is 6.71. The maximum absolute atomic E-state index is 12.6. The molecule has 0 spiro atoms. The predicted molar refractivity (Wildman–Crippen MR) is 79.9 cm³/mol. The number of nitrogens with zero attached hydrogens (tertiary/aromatic N) is 4. The molecule has 2 N–H and O–H groups in total. The van der Waals surface area contributed by atoms with Gasteiger partial charge in [0.05, 0.1) is 6.54 Å². The molecule has 2 rings (SSSR count). The number of sulfonamides is 1. The average molecular weight is 311 g/mol. The summed E-state index contributed by atoms with van der Waals surface area (Å²) >= 11 is 0. The minimum Gasteiger partial charge on any atom is -0.349 e. The van der Waals surface area contributed by atoms with Gasteiger partial charge in [-0.1, -0.05) is 0 Å². The highest BCUT2D eigenvalue weighted by Gasteiger charge is 2.24. The first-order chi connectivity index (χ1) is 9.90. The molecule has 0 saturated heterocycles. The zero-order chi connectivity index (χ0) is 15.6. The monoisotopic (exact) mass is 311 g/mol. The second-order valence-corrected chi connectivity index (χ2v) is 6.92. The van der Waals surface area contributed by atoms with Crippen LogP contribution in [0.2, 0.25) is 0 Å². The van der Waals surface area contributed by atoms with E-state index in [9.17, 15) is 8.42 Å². The fourth-order valence-electron chi connectivity index (χ4n) is 2.15. The van der Waals surface area contributed by atoms with Crippen LogP contribution in [-0.4, -0.2) is 33.9 Å². The number of hydrogen-bond acceptors (Lipinski definition) is 4. The van der Waals surface area contributed by atoms with Crippen LogP contribution in [0, 0.1) is 0 Å². The van der Waals surface area contributed by atoms with Crippen molar-refractivity contribution in [1.29, 1.82) is 0 Å². The molecule has 2 aromatic heterocycles. The average Bonchev–Trinajstić information content (AvgIpc) is 3.05. The van der Waals surface area contributed by atoms with E-state index >= 15 is 0 Å². The van der Waals surface area contributed by atoms with Gasteiger partial charge in [-0.15, -0.1) is 0 Å². The first kappa shape index (κ1) is 15.7. The highest BCUT2D eigenvalue weighted by molar-refractivity contribution is 7.89. The Hall–Kier alpha value is -1.64. The third-order valence-corrected chi connectivity index (χ3v) is 5.27. The van der Waals surface area contributed by atoms with E-state index in [1.54, 1.807) is 36.3 Å². The van der Waals surface area contributed by atoms with Gasteiger partial charge in [-0.25, -0.2) is 13.4 Å². The van der Waals surface area contributed by atoms with Gasteiger partial charge < -0.3 is 14.9 Å². The fraction of sp³-hybridized carbons (Fsp3) is 0.462. The number of rotatable bonds is 6. The molecule has 0 saturated carbocycles. The topological polar surface area (TPSA) is 86.2 Å². The smallest absolute Gasteiger partial charge is 0.244 e. The molecule has 0 bridgehead atoms. The third kappa shape index (κ3) is 3.02. The lowest BCUT2D eigenvalue weighted by Crippen LogP contribution is -2.27. The van der Waals surface area contributed by atoms with Crippen LogP contribution >= 0.6 is 0 Å². The Morgan fingerprint density at radius 1 is 1.43 bits per heavy atom. The number of nitrogens with two attached hydrogens (primary N) is 1. The van der Waals surface area contributed by atoms with Gasteiger partial charge in [0.25, 0.3) is 0 Å². The molecule has 0 radical (unpaired) electrons. The van der Waals surface area contributed by atoms with Crippen LogP contribution in [0.5, 0.6) is 0 Å². The Bertz CT molecular complexity index is 695. The molecule has 116 valence electrons. The van der Waals surface area contributed by atoms with Crippen LogP contribution in [0.25, 0.3) is 0 Å². The van der Waals surface area contributed by atoms with Gasteiger partial charge in [-0.2, -0.15) is 4.31 Å². The summed E-state index contributed by atoms with van der Waals surface area (Å²) < 4.78 is 30.1. The molecule has 0 aromatic carbocycles. The van der Waals surface area contributed by atoms with Crippen molar-refractivity contribution in [1.82, 2.24) is 18.4 Å². The highest BCUT2D eigenvalue weighted by atomic mass is 32.2. The van der Waals surface area contributed by atoms with Gasteiger partial charge in [0.2, 0.25) is 10.0 Å². The molecule has 2 heterocycles. The Balaban J connectivity index is 2.28.